The van der Waals surface area contributed by atoms with Crippen LogP contribution in [-0.4, -0.2) is 42.7 Å². The van der Waals surface area contributed by atoms with E-state index in [1.165, 1.54) is 19.3 Å². The zero-order valence-corrected chi connectivity index (χ0v) is 14.6. The average Bonchev–Trinajstić information content (AvgIpc) is 2.59. The lowest BCUT2D eigenvalue weighted by molar-refractivity contribution is 0.154. The van der Waals surface area contributed by atoms with Gasteiger partial charge < -0.3 is 9.80 Å². The molecular weight excluding hydrogens is 310 g/mol. The first-order valence-corrected chi connectivity index (χ1v) is 8.35. The van der Waals surface area contributed by atoms with Crippen molar-refractivity contribution in [1.29, 1.82) is 0 Å². The van der Waals surface area contributed by atoms with Gasteiger partial charge in [0.15, 0.2) is 0 Å². The number of aliphatic imine (C=N–C) groups is 1. The molecule has 5 heteroatoms. The van der Waals surface area contributed by atoms with Gasteiger partial charge in [-0.1, -0.05) is 43.0 Å². The van der Waals surface area contributed by atoms with Crippen LogP contribution in [0.25, 0.3) is 5.70 Å². The van der Waals surface area contributed by atoms with Gasteiger partial charge in [-0.05, 0) is 31.7 Å². The molecule has 0 atom stereocenters. The summed E-state index contributed by atoms with van der Waals surface area (Å²) in [5.41, 5.74) is 1.53. The van der Waals surface area contributed by atoms with Gasteiger partial charge in [0.2, 0.25) is 0 Å². The normalized spacial score (nSPS) is 16.0. The van der Waals surface area contributed by atoms with E-state index in [2.05, 4.69) is 11.7 Å². The summed E-state index contributed by atoms with van der Waals surface area (Å²) in [5, 5.41) is 0.665. The van der Waals surface area contributed by atoms with E-state index >= 15 is 0 Å². The van der Waals surface area contributed by atoms with Crippen LogP contribution in [0, 0.1) is 0 Å². The number of halogens is 1. The zero-order chi connectivity index (χ0) is 16.8. The Bertz CT molecular complexity index is 576. The van der Waals surface area contributed by atoms with E-state index in [0.717, 1.165) is 18.4 Å². The van der Waals surface area contributed by atoms with Gasteiger partial charge in [0.05, 0.1) is 5.70 Å². The minimum absolute atomic E-state index is 0.0213. The van der Waals surface area contributed by atoms with Crippen molar-refractivity contribution in [3.63, 3.8) is 0 Å². The van der Waals surface area contributed by atoms with Crippen LogP contribution in [0.4, 0.5) is 4.79 Å². The zero-order valence-electron chi connectivity index (χ0n) is 13.8. The quantitative estimate of drug-likeness (QED) is 0.738. The van der Waals surface area contributed by atoms with Gasteiger partial charge in [-0.15, -0.1) is 0 Å². The van der Waals surface area contributed by atoms with Crippen molar-refractivity contribution in [3.8, 4) is 0 Å². The fourth-order valence-electron chi connectivity index (χ4n) is 2.94. The van der Waals surface area contributed by atoms with Crippen molar-refractivity contribution in [2.75, 3.05) is 14.1 Å². The molecule has 0 heterocycles. The third-order valence-electron chi connectivity index (χ3n) is 4.35. The molecule has 2 amide bonds. The van der Waals surface area contributed by atoms with Crippen LogP contribution in [0.1, 0.15) is 37.7 Å². The number of carbonyl (C=O) groups is 1. The van der Waals surface area contributed by atoms with E-state index in [1.54, 1.807) is 30.3 Å². The van der Waals surface area contributed by atoms with Crippen molar-refractivity contribution < 1.29 is 4.79 Å². The molecule has 0 aromatic heterocycles. The van der Waals surface area contributed by atoms with Gasteiger partial charge in [0.1, 0.15) is 0 Å². The van der Waals surface area contributed by atoms with Crippen LogP contribution in [-0.2, 0) is 0 Å². The van der Waals surface area contributed by atoms with E-state index in [-0.39, 0.29) is 6.03 Å². The number of hydrogen-bond acceptors (Lipinski definition) is 2. The summed E-state index contributed by atoms with van der Waals surface area (Å²) in [7, 11) is 3.63. The third-order valence-corrected chi connectivity index (χ3v) is 4.60. The summed E-state index contributed by atoms with van der Waals surface area (Å²) in [6, 6.07) is 7.64. The largest absolute Gasteiger partial charge is 0.324 e. The Hall–Kier alpha value is -1.81. The molecule has 0 saturated heterocycles. The molecule has 1 aromatic rings. The van der Waals surface area contributed by atoms with Crippen LogP contribution in [0.3, 0.4) is 0 Å². The molecule has 1 aliphatic carbocycles. The number of urea groups is 1. The second-order valence-electron chi connectivity index (χ2n) is 5.98. The van der Waals surface area contributed by atoms with Crippen LogP contribution >= 0.6 is 11.6 Å². The van der Waals surface area contributed by atoms with Gasteiger partial charge in [-0.25, -0.2) is 4.79 Å². The molecule has 2 rings (SSSR count). The highest BCUT2D eigenvalue weighted by atomic mass is 35.5. The Morgan fingerprint density at radius 2 is 1.83 bits per heavy atom. The molecule has 0 N–H and O–H groups in total. The van der Waals surface area contributed by atoms with Gasteiger partial charge in [-0.2, -0.15) is 0 Å². The monoisotopic (exact) mass is 333 g/mol. The molecular formula is C18H24ClN3O. The van der Waals surface area contributed by atoms with E-state index in [4.69, 9.17) is 11.6 Å². The molecule has 1 saturated carbocycles. The number of carbonyl (C=O) groups excluding carboxylic acids is 1. The fourth-order valence-corrected chi connectivity index (χ4v) is 3.07. The summed E-state index contributed by atoms with van der Waals surface area (Å²) in [5.74, 6) is 0. The average molecular weight is 334 g/mol. The van der Waals surface area contributed by atoms with Crippen LogP contribution in [0.2, 0.25) is 5.02 Å². The molecule has 1 aromatic carbocycles. The Labute approximate surface area is 143 Å². The Morgan fingerprint density at radius 1 is 1.22 bits per heavy atom. The maximum absolute atomic E-state index is 12.6. The SMILES string of the molecule is C=NC(=CN(C)C(=O)N(C)C1CCCCC1)c1ccc(Cl)cc1. The van der Waals surface area contributed by atoms with E-state index in [9.17, 15) is 4.79 Å². The summed E-state index contributed by atoms with van der Waals surface area (Å²) >= 11 is 5.91. The predicted octanol–water partition coefficient (Wildman–Crippen LogP) is 4.66. The number of nitrogens with zero attached hydrogens (tertiary/aromatic N) is 3. The summed E-state index contributed by atoms with van der Waals surface area (Å²) in [4.78, 5) is 20.1. The highest BCUT2D eigenvalue weighted by molar-refractivity contribution is 6.30. The Morgan fingerprint density at radius 3 is 2.39 bits per heavy atom. The maximum atomic E-state index is 12.6. The minimum Gasteiger partial charge on any atom is -0.324 e. The third kappa shape index (κ3) is 4.58. The summed E-state index contributed by atoms with van der Waals surface area (Å²) in [6.45, 7) is 3.60. The summed E-state index contributed by atoms with van der Waals surface area (Å²) < 4.78 is 0. The Balaban J connectivity index is 2.10. The molecule has 1 fully saturated rings. The van der Waals surface area contributed by atoms with Crippen molar-refractivity contribution >= 4 is 30.0 Å². The molecule has 124 valence electrons. The van der Waals surface area contributed by atoms with Crippen LogP contribution in [0.5, 0.6) is 0 Å². The first-order valence-electron chi connectivity index (χ1n) is 7.97. The van der Waals surface area contributed by atoms with Crippen LogP contribution < -0.4 is 0 Å². The number of rotatable bonds is 4. The van der Waals surface area contributed by atoms with Gasteiger partial charge in [0, 0.05) is 36.9 Å². The van der Waals surface area contributed by atoms with Gasteiger partial charge in [-0.3, -0.25) is 4.99 Å². The van der Waals surface area contributed by atoms with Crippen molar-refractivity contribution in [3.05, 3.63) is 41.1 Å². The number of benzene rings is 1. The standard InChI is InChI=1S/C18H24ClN3O/c1-20-17(14-9-11-15(19)12-10-14)13-21(2)18(23)22(3)16-7-5-4-6-8-16/h9-13,16H,1,4-8H2,2-3H3. The lowest BCUT2D eigenvalue weighted by atomic mass is 9.95. The smallest absolute Gasteiger partial charge is 0.323 e. The number of hydrogen-bond donors (Lipinski definition) is 0. The molecule has 4 nitrogen and oxygen atoms in total. The second kappa shape index (κ2) is 8.16. The molecule has 0 aliphatic heterocycles. The molecule has 0 bridgehead atoms. The number of amides is 2. The van der Waals surface area contributed by atoms with E-state index in [1.807, 2.05) is 24.1 Å². The topological polar surface area (TPSA) is 35.9 Å². The molecule has 0 radical (unpaired) electrons. The maximum Gasteiger partial charge on any atom is 0.323 e. The fraction of sp³-hybridized carbons (Fsp3) is 0.444. The molecule has 1 aliphatic rings. The highest BCUT2D eigenvalue weighted by Gasteiger charge is 2.23. The Kier molecular flexibility index (Phi) is 6.22. The first-order chi connectivity index (χ1) is 11.0. The second-order valence-corrected chi connectivity index (χ2v) is 6.41. The minimum atomic E-state index is -0.0213. The van der Waals surface area contributed by atoms with Gasteiger partial charge >= 0.3 is 6.03 Å². The lowest BCUT2D eigenvalue weighted by Gasteiger charge is -2.33. The van der Waals surface area contributed by atoms with E-state index < -0.39 is 0 Å². The molecule has 0 spiro atoms. The molecule has 23 heavy (non-hydrogen) atoms. The highest BCUT2D eigenvalue weighted by Crippen LogP contribution is 2.23. The van der Waals surface area contributed by atoms with Crippen molar-refractivity contribution in [1.82, 2.24) is 9.80 Å². The lowest BCUT2D eigenvalue weighted by Crippen LogP contribution is -2.43. The van der Waals surface area contributed by atoms with Crippen molar-refractivity contribution in [2.45, 2.75) is 38.1 Å². The molecule has 0 unspecified atom stereocenters. The van der Waals surface area contributed by atoms with Gasteiger partial charge in [0.25, 0.3) is 0 Å². The summed E-state index contributed by atoms with van der Waals surface area (Å²) in [6.07, 6.45) is 7.57. The van der Waals surface area contributed by atoms with E-state index in [0.29, 0.717) is 16.8 Å². The van der Waals surface area contributed by atoms with Crippen LogP contribution in [0.15, 0.2) is 35.5 Å². The predicted molar refractivity (Wildman–Crippen MR) is 96.8 cm³/mol. The van der Waals surface area contributed by atoms with Crippen molar-refractivity contribution in [2.24, 2.45) is 4.99 Å². The first kappa shape index (κ1) is 17.5.